The monoisotopic (exact) mass is 408 g/mol. The molecule has 0 radical (unpaired) electrons. The Morgan fingerprint density at radius 2 is 1.88 bits per heavy atom. The predicted octanol–water partition coefficient (Wildman–Crippen LogP) is 4.54. The molecule has 0 bridgehead atoms. The van der Waals surface area contributed by atoms with Gasteiger partial charge in [0.1, 0.15) is 5.69 Å². The van der Waals surface area contributed by atoms with Crippen LogP contribution in [0, 0.1) is 6.92 Å². The molecule has 0 aliphatic rings. The van der Waals surface area contributed by atoms with E-state index in [-0.39, 0.29) is 5.91 Å². The third-order valence-corrected chi connectivity index (χ3v) is 4.06. The molecule has 1 heterocycles. The number of aromatic amines is 1. The number of benzene rings is 2. The quantitative estimate of drug-likeness (QED) is 0.480. The number of carbonyl (C=O) groups excluding carboxylic acids is 1. The standard InChI is InChI=1S/C20H17BrN4O/c1-14-7-9-16(10-8-14)18-12-19(24-23-18)20(26)25-22-13-17(21)11-15-5-3-2-4-6-15/h2-13H,1H3,(H,23,24)(H,25,26)/b17-11-,22-13-. The zero-order valence-corrected chi connectivity index (χ0v) is 15.7. The van der Waals surface area contributed by atoms with E-state index >= 15 is 0 Å². The SMILES string of the molecule is Cc1ccc(-c2cc(C(=O)N/N=C\C(Br)=C\c3ccccc3)[nH]n2)cc1. The van der Waals surface area contributed by atoms with E-state index in [0.29, 0.717) is 11.4 Å². The van der Waals surface area contributed by atoms with E-state index in [1.807, 2.05) is 67.6 Å². The Morgan fingerprint density at radius 3 is 2.62 bits per heavy atom. The average molecular weight is 409 g/mol. The maximum absolute atomic E-state index is 12.2. The van der Waals surface area contributed by atoms with Crippen molar-refractivity contribution in [1.82, 2.24) is 15.6 Å². The summed E-state index contributed by atoms with van der Waals surface area (Å²) in [6.45, 7) is 2.02. The molecule has 5 nitrogen and oxygen atoms in total. The Hall–Kier alpha value is -2.99. The summed E-state index contributed by atoms with van der Waals surface area (Å²) in [6, 6.07) is 19.5. The van der Waals surface area contributed by atoms with Gasteiger partial charge >= 0.3 is 0 Å². The molecule has 26 heavy (non-hydrogen) atoms. The number of H-pyrrole nitrogens is 1. The molecule has 1 aromatic heterocycles. The molecule has 2 aromatic carbocycles. The number of nitrogens with one attached hydrogen (secondary N) is 2. The molecule has 2 N–H and O–H groups in total. The fraction of sp³-hybridized carbons (Fsp3) is 0.0500. The van der Waals surface area contributed by atoms with Gasteiger partial charge in [-0.05, 0) is 40.6 Å². The first-order chi connectivity index (χ1) is 12.6. The van der Waals surface area contributed by atoms with Crippen LogP contribution in [0.3, 0.4) is 0 Å². The molecule has 0 saturated carbocycles. The summed E-state index contributed by atoms with van der Waals surface area (Å²) in [4.78, 5) is 12.2. The molecule has 6 heteroatoms. The van der Waals surface area contributed by atoms with E-state index in [4.69, 9.17) is 0 Å². The zero-order chi connectivity index (χ0) is 18.4. The molecule has 130 valence electrons. The second-order valence-corrected chi connectivity index (χ2v) is 6.59. The lowest BCUT2D eigenvalue weighted by molar-refractivity contribution is 0.0950. The molecule has 0 unspecified atom stereocenters. The normalized spacial score (nSPS) is 11.7. The second kappa shape index (κ2) is 8.40. The van der Waals surface area contributed by atoms with Crippen molar-refractivity contribution in [2.24, 2.45) is 5.10 Å². The molecule has 3 aromatic rings. The van der Waals surface area contributed by atoms with Gasteiger partial charge in [0.05, 0.1) is 11.9 Å². The molecule has 0 aliphatic carbocycles. The number of hydrogen-bond donors (Lipinski definition) is 2. The third kappa shape index (κ3) is 4.77. The van der Waals surface area contributed by atoms with Crippen LogP contribution in [-0.2, 0) is 0 Å². The fourth-order valence-corrected chi connectivity index (χ4v) is 2.64. The number of hydrazone groups is 1. The number of amides is 1. The number of rotatable bonds is 5. The van der Waals surface area contributed by atoms with Crippen LogP contribution in [0.15, 0.2) is 70.2 Å². The predicted molar refractivity (Wildman–Crippen MR) is 108 cm³/mol. The molecule has 1 amide bonds. The lowest BCUT2D eigenvalue weighted by Gasteiger charge is -1.97. The number of aromatic nitrogens is 2. The molecule has 0 saturated heterocycles. The smallest absolute Gasteiger partial charge is 0.272 e. The van der Waals surface area contributed by atoms with E-state index in [0.717, 1.165) is 15.6 Å². The lowest BCUT2D eigenvalue weighted by atomic mass is 10.1. The van der Waals surface area contributed by atoms with Gasteiger partial charge in [0.25, 0.3) is 5.91 Å². The summed E-state index contributed by atoms with van der Waals surface area (Å²) in [5, 5.41) is 10.9. The van der Waals surface area contributed by atoms with Crippen LogP contribution < -0.4 is 5.43 Å². The Balaban J connectivity index is 1.62. The van der Waals surface area contributed by atoms with Crippen molar-refractivity contribution in [1.29, 1.82) is 0 Å². The number of allylic oxidation sites excluding steroid dienone is 1. The van der Waals surface area contributed by atoms with Gasteiger partial charge in [0, 0.05) is 10.0 Å². The Morgan fingerprint density at radius 1 is 1.15 bits per heavy atom. The van der Waals surface area contributed by atoms with Crippen LogP contribution in [0.25, 0.3) is 17.3 Å². The van der Waals surface area contributed by atoms with Gasteiger partial charge in [-0.2, -0.15) is 10.2 Å². The van der Waals surface area contributed by atoms with E-state index in [1.54, 1.807) is 6.07 Å². The van der Waals surface area contributed by atoms with Crippen molar-refractivity contribution in [2.75, 3.05) is 0 Å². The molecular formula is C20H17BrN4O. The second-order valence-electron chi connectivity index (χ2n) is 5.67. The maximum Gasteiger partial charge on any atom is 0.289 e. The molecule has 0 spiro atoms. The summed E-state index contributed by atoms with van der Waals surface area (Å²) in [6.07, 6.45) is 3.43. The summed E-state index contributed by atoms with van der Waals surface area (Å²) < 4.78 is 0.744. The van der Waals surface area contributed by atoms with Gasteiger partial charge in [-0.3, -0.25) is 9.89 Å². The van der Waals surface area contributed by atoms with Crippen molar-refractivity contribution in [3.8, 4) is 11.3 Å². The van der Waals surface area contributed by atoms with Gasteiger partial charge in [0.2, 0.25) is 0 Å². The summed E-state index contributed by atoms with van der Waals surface area (Å²) in [5.74, 6) is -0.355. The summed E-state index contributed by atoms with van der Waals surface area (Å²) in [5.41, 5.74) is 6.69. The van der Waals surface area contributed by atoms with Gasteiger partial charge < -0.3 is 0 Å². The molecular weight excluding hydrogens is 392 g/mol. The summed E-state index contributed by atoms with van der Waals surface area (Å²) >= 11 is 3.40. The largest absolute Gasteiger partial charge is 0.289 e. The summed E-state index contributed by atoms with van der Waals surface area (Å²) in [7, 11) is 0. The van der Waals surface area contributed by atoms with Crippen LogP contribution in [0.1, 0.15) is 21.6 Å². The highest BCUT2D eigenvalue weighted by molar-refractivity contribution is 9.12. The lowest BCUT2D eigenvalue weighted by Crippen LogP contribution is -2.17. The highest BCUT2D eigenvalue weighted by atomic mass is 79.9. The molecule has 3 rings (SSSR count). The Bertz CT molecular complexity index is 943. The van der Waals surface area contributed by atoms with Gasteiger partial charge in [-0.15, -0.1) is 0 Å². The van der Waals surface area contributed by atoms with E-state index in [2.05, 4.69) is 36.7 Å². The molecule has 0 aliphatic heterocycles. The van der Waals surface area contributed by atoms with E-state index < -0.39 is 0 Å². The fourth-order valence-electron chi connectivity index (χ4n) is 2.27. The number of aryl methyl sites for hydroxylation is 1. The van der Waals surface area contributed by atoms with Crippen LogP contribution in [0.5, 0.6) is 0 Å². The molecule has 0 fully saturated rings. The van der Waals surface area contributed by atoms with Crippen LogP contribution in [-0.4, -0.2) is 22.3 Å². The van der Waals surface area contributed by atoms with E-state index in [1.165, 1.54) is 11.8 Å². The number of carbonyl (C=O) groups is 1. The van der Waals surface area contributed by atoms with Crippen molar-refractivity contribution < 1.29 is 4.79 Å². The van der Waals surface area contributed by atoms with Crippen molar-refractivity contribution in [3.63, 3.8) is 0 Å². The highest BCUT2D eigenvalue weighted by Crippen LogP contribution is 2.18. The van der Waals surface area contributed by atoms with Crippen LogP contribution in [0.2, 0.25) is 0 Å². The number of hydrogen-bond acceptors (Lipinski definition) is 3. The minimum Gasteiger partial charge on any atom is -0.272 e. The van der Waals surface area contributed by atoms with Crippen LogP contribution >= 0.6 is 15.9 Å². The minimum absolute atomic E-state index is 0.348. The number of halogens is 1. The topological polar surface area (TPSA) is 70.1 Å². The first-order valence-corrected chi connectivity index (χ1v) is 8.79. The van der Waals surface area contributed by atoms with Gasteiger partial charge in [-0.1, -0.05) is 60.2 Å². The van der Waals surface area contributed by atoms with Crippen molar-refractivity contribution in [2.45, 2.75) is 6.92 Å². The third-order valence-electron chi connectivity index (χ3n) is 3.63. The zero-order valence-electron chi connectivity index (χ0n) is 14.1. The van der Waals surface area contributed by atoms with Gasteiger partial charge in [-0.25, -0.2) is 5.43 Å². The van der Waals surface area contributed by atoms with Crippen molar-refractivity contribution in [3.05, 3.63) is 82.0 Å². The Kier molecular flexibility index (Phi) is 5.76. The first-order valence-electron chi connectivity index (χ1n) is 8.00. The maximum atomic E-state index is 12.2. The van der Waals surface area contributed by atoms with E-state index in [9.17, 15) is 4.79 Å². The average Bonchev–Trinajstić information content (AvgIpc) is 3.13. The first kappa shape index (κ1) is 17.8. The number of nitrogens with zero attached hydrogens (tertiary/aromatic N) is 2. The van der Waals surface area contributed by atoms with Crippen LogP contribution in [0.4, 0.5) is 0 Å². The highest BCUT2D eigenvalue weighted by Gasteiger charge is 2.10. The minimum atomic E-state index is -0.355. The van der Waals surface area contributed by atoms with Crippen molar-refractivity contribution >= 4 is 34.1 Å². The molecule has 0 atom stereocenters. The van der Waals surface area contributed by atoms with Gasteiger partial charge in [0.15, 0.2) is 0 Å². The Labute approximate surface area is 160 Å².